The fraction of sp³-hybridized carbons (Fsp3) is 0.941. The molecule has 0 aliphatic carbocycles. The molecule has 2 aliphatic rings. The van der Waals surface area contributed by atoms with E-state index in [1.165, 1.54) is 6.42 Å². The number of amides is 1. The number of nitrogens with one attached hydrogen (secondary N) is 1. The largest absolute Gasteiger partial charge is 0.341 e. The van der Waals surface area contributed by atoms with Crippen molar-refractivity contribution >= 4 is 5.91 Å². The normalized spacial score (nSPS) is 32.2. The maximum atomic E-state index is 12.9. The Labute approximate surface area is 124 Å². The maximum absolute atomic E-state index is 12.9. The molecule has 2 heterocycles. The lowest BCUT2D eigenvalue weighted by Gasteiger charge is -2.34. The number of likely N-dealkylation sites (tertiary alicyclic amines) is 1. The molecule has 20 heavy (non-hydrogen) atoms. The number of nitrogens with zero attached hydrogens (tertiary/aromatic N) is 1. The Hall–Kier alpha value is -0.570. The molecule has 2 unspecified atom stereocenters. The average Bonchev–Trinajstić information content (AvgIpc) is 2.74. The minimum Gasteiger partial charge on any atom is -0.341 e. The lowest BCUT2D eigenvalue weighted by Crippen LogP contribution is -2.54. The highest BCUT2D eigenvalue weighted by Crippen LogP contribution is 2.35. The topological polar surface area (TPSA) is 32.3 Å². The van der Waals surface area contributed by atoms with Crippen molar-refractivity contribution < 1.29 is 4.79 Å². The van der Waals surface area contributed by atoms with Crippen LogP contribution >= 0.6 is 0 Å². The summed E-state index contributed by atoms with van der Waals surface area (Å²) >= 11 is 0. The second kappa shape index (κ2) is 6.05. The average molecular weight is 280 g/mol. The fourth-order valence-corrected chi connectivity index (χ4v) is 3.91. The van der Waals surface area contributed by atoms with Crippen molar-refractivity contribution in [2.24, 2.45) is 11.3 Å². The number of hydrogen-bond donors (Lipinski definition) is 1. The highest BCUT2D eigenvalue weighted by Gasteiger charge is 2.42. The summed E-state index contributed by atoms with van der Waals surface area (Å²) < 4.78 is 0. The Balaban J connectivity index is 2.01. The molecule has 2 atom stereocenters. The van der Waals surface area contributed by atoms with E-state index in [4.69, 9.17) is 0 Å². The van der Waals surface area contributed by atoms with E-state index >= 15 is 0 Å². The van der Waals surface area contributed by atoms with Gasteiger partial charge in [0.15, 0.2) is 0 Å². The zero-order valence-corrected chi connectivity index (χ0v) is 13.8. The Morgan fingerprint density at radius 1 is 1.25 bits per heavy atom. The first kappa shape index (κ1) is 15.8. The minimum atomic E-state index is -0.248. The standard InChI is InChI=1S/C17H32N2O/c1-5-17(10-7-11-18-17)15(20)19-12-6-8-14(9-13-19)16(2,3)4/h14,18H,5-13H2,1-4H3. The number of rotatable bonds is 2. The molecule has 2 fully saturated rings. The third-order valence-corrected chi connectivity index (χ3v) is 5.50. The Kier molecular flexibility index (Phi) is 4.78. The quantitative estimate of drug-likeness (QED) is 0.842. The summed E-state index contributed by atoms with van der Waals surface area (Å²) in [5.74, 6) is 1.11. The molecule has 2 aliphatic heterocycles. The van der Waals surface area contributed by atoms with E-state index in [1.807, 2.05) is 0 Å². The summed E-state index contributed by atoms with van der Waals surface area (Å²) in [5.41, 5.74) is 0.120. The van der Waals surface area contributed by atoms with Gasteiger partial charge >= 0.3 is 0 Å². The lowest BCUT2D eigenvalue weighted by molar-refractivity contribution is -0.138. The van der Waals surface area contributed by atoms with Gasteiger partial charge in [0.25, 0.3) is 0 Å². The van der Waals surface area contributed by atoms with E-state index in [0.717, 1.165) is 57.7 Å². The molecule has 0 radical (unpaired) electrons. The Morgan fingerprint density at radius 2 is 2.00 bits per heavy atom. The van der Waals surface area contributed by atoms with E-state index in [1.54, 1.807) is 0 Å². The van der Waals surface area contributed by atoms with E-state index in [2.05, 4.69) is 37.9 Å². The monoisotopic (exact) mass is 280 g/mol. The van der Waals surface area contributed by atoms with Crippen LogP contribution in [0.4, 0.5) is 0 Å². The summed E-state index contributed by atoms with van der Waals surface area (Å²) in [4.78, 5) is 15.1. The van der Waals surface area contributed by atoms with Gasteiger partial charge in [-0.2, -0.15) is 0 Å². The first-order valence-electron chi connectivity index (χ1n) is 8.43. The molecule has 0 aromatic carbocycles. The predicted molar refractivity (Wildman–Crippen MR) is 83.6 cm³/mol. The lowest BCUT2D eigenvalue weighted by atomic mass is 9.77. The molecule has 0 aromatic rings. The molecule has 1 N–H and O–H groups in total. The van der Waals surface area contributed by atoms with Crippen molar-refractivity contribution in [2.75, 3.05) is 19.6 Å². The van der Waals surface area contributed by atoms with Gasteiger partial charge in [-0.15, -0.1) is 0 Å². The molecule has 1 amide bonds. The van der Waals surface area contributed by atoms with Crippen molar-refractivity contribution in [1.29, 1.82) is 0 Å². The predicted octanol–water partition coefficient (Wildman–Crippen LogP) is 3.19. The maximum Gasteiger partial charge on any atom is 0.242 e. The third-order valence-electron chi connectivity index (χ3n) is 5.50. The van der Waals surface area contributed by atoms with Crippen LogP contribution in [-0.2, 0) is 4.79 Å². The van der Waals surface area contributed by atoms with Crippen LogP contribution in [0, 0.1) is 11.3 Å². The fourth-order valence-electron chi connectivity index (χ4n) is 3.91. The first-order chi connectivity index (χ1) is 9.39. The van der Waals surface area contributed by atoms with E-state index in [9.17, 15) is 4.79 Å². The highest BCUT2D eigenvalue weighted by molar-refractivity contribution is 5.86. The molecular formula is C17H32N2O. The number of carbonyl (C=O) groups excluding carboxylic acids is 1. The van der Waals surface area contributed by atoms with Gasteiger partial charge in [0.2, 0.25) is 5.91 Å². The van der Waals surface area contributed by atoms with Gasteiger partial charge in [-0.05, 0) is 56.4 Å². The zero-order valence-electron chi connectivity index (χ0n) is 13.8. The summed E-state index contributed by atoms with van der Waals surface area (Å²) in [5, 5.41) is 3.49. The number of carbonyl (C=O) groups is 1. The Bertz CT molecular complexity index is 339. The molecular weight excluding hydrogens is 248 g/mol. The van der Waals surface area contributed by atoms with Crippen LogP contribution in [0.5, 0.6) is 0 Å². The SMILES string of the molecule is CCC1(C(=O)N2CCCC(C(C)(C)C)CC2)CCCN1. The summed E-state index contributed by atoms with van der Waals surface area (Å²) in [6.45, 7) is 12.0. The highest BCUT2D eigenvalue weighted by atomic mass is 16.2. The molecule has 0 bridgehead atoms. The van der Waals surface area contributed by atoms with E-state index < -0.39 is 0 Å². The van der Waals surface area contributed by atoms with Gasteiger partial charge in [-0.25, -0.2) is 0 Å². The number of hydrogen-bond acceptors (Lipinski definition) is 2. The molecule has 116 valence electrons. The van der Waals surface area contributed by atoms with Crippen LogP contribution in [-0.4, -0.2) is 36.0 Å². The van der Waals surface area contributed by atoms with Gasteiger partial charge in [-0.3, -0.25) is 4.79 Å². The van der Waals surface area contributed by atoms with Gasteiger partial charge in [-0.1, -0.05) is 27.7 Å². The second-order valence-electron chi connectivity index (χ2n) is 7.75. The molecule has 3 heteroatoms. The second-order valence-corrected chi connectivity index (χ2v) is 7.75. The van der Waals surface area contributed by atoms with Crippen LogP contribution in [0.1, 0.15) is 66.2 Å². The van der Waals surface area contributed by atoms with Crippen LogP contribution in [0.25, 0.3) is 0 Å². The molecule has 0 spiro atoms. The van der Waals surface area contributed by atoms with Crippen LogP contribution < -0.4 is 5.32 Å². The van der Waals surface area contributed by atoms with E-state index in [0.29, 0.717) is 11.3 Å². The summed E-state index contributed by atoms with van der Waals surface area (Å²) in [7, 11) is 0. The molecule has 2 saturated heterocycles. The van der Waals surface area contributed by atoms with Crippen molar-refractivity contribution in [2.45, 2.75) is 71.8 Å². The zero-order chi connectivity index (χ0) is 14.8. The van der Waals surface area contributed by atoms with Crippen molar-refractivity contribution in [3.05, 3.63) is 0 Å². The Morgan fingerprint density at radius 3 is 2.55 bits per heavy atom. The van der Waals surface area contributed by atoms with Gasteiger partial charge < -0.3 is 10.2 Å². The first-order valence-corrected chi connectivity index (χ1v) is 8.43. The molecule has 2 rings (SSSR count). The summed E-state index contributed by atoms with van der Waals surface area (Å²) in [6, 6.07) is 0. The van der Waals surface area contributed by atoms with Crippen molar-refractivity contribution in [3.63, 3.8) is 0 Å². The smallest absolute Gasteiger partial charge is 0.242 e. The molecule has 0 aromatic heterocycles. The molecule has 0 saturated carbocycles. The minimum absolute atomic E-state index is 0.248. The third kappa shape index (κ3) is 3.19. The van der Waals surface area contributed by atoms with Crippen molar-refractivity contribution in [3.8, 4) is 0 Å². The van der Waals surface area contributed by atoms with Gasteiger partial charge in [0, 0.05) is 13.1 Å². The molecule has 3 nitrogen and oxygen atoms in total. The van der Waals surface area contributed by atoms with E-state index in [-0.39, 0.29) is 5.54 Å². The van der Waals surface area contributed by atoms with Gasteiger partial charge in [0.1, 0.15) is 0 Å². The van der Waals surface area contributed by atoms with Crippen LogP contribution in [0.3, 0.4) is 0 Å². The van der Waals surface area contributed by atoms with Crippen molar-refractivity contribution in [1.82, 2.24) is 10.2 Å². The van der Waals surface area contributed by atoms with Crippen LogP contribution in [0.15, 0.2) is 0 Å². The van der Waals surface area contributed by atoms with Crippen LogP contribution in [0.2, 0.25) is 0 Å². The summed E-state index contributed by atoms with van der Waals surface area (Å²) in [6.07, 6.45) is 6.66. The van der Waals surface area contributed by atoms with Gasteiger partial charge in [0.05, 0.1) is 5.54 Å².